The Kier molecular flexibility index (Phi) is 5.80. The number of benzene rings is 3. The second-order valence-corrected chi connectivity index (χ2v) is 8.45. The molecular formula is C26H24NO6-. The van der Waals surface area contributed by atoms with Crippen molar-refractivity contribution in [1.29, 1.82) is 0 Å². The third kappa shape index (κ3) is 4.02. The molecule has 0 bridgehead atoms. The number of imide groups is 1. The number of carboxylic acids is 1. The summed E-state index contributed by atoms with van der Waals surface area (Å²) in [6.07, 6.45) is -0.711. The normalized spacial score (nSPS) is 13.2. The number of carboxylic acid groups (broad SMARTS) is 1. The molecule has 7 nitrogen and oxygen atoms in total. The van der Waals surface area contributed by atoms with Crippen LogP contribution in [0.2, 0.25) is 0 Å². The molecule has 0 fully saturated rings. The molecule has 3 aromatic rings. The number of carbonyl (C=O) groups excluding carboxylic acids is 3. The zero-order valence-electron chi connectivity index (χ0n) is 18.9. The van der Waals surface area contributed by atoms with Crippen LogP contribution in [0.15, 0.2) is 48.5 Å². The van der Waals surface area contributed by atoms with Gasteiger partial charge in [-0.2, -0.15) is 0 Å². The lowest BCUT2D eigenvalue weighted by Crippen LogP contribution is -2.29. The molecule has 0 aromatic heterocycles. The highest BCUT2D eigenvalue weighted by Crippen LogP contribution is 2.46. The maximum Gasteiger partial charge on any atom is 0.270 e. The molecule has 4 rings (SSSR count). The predicted molar refractivity (Wildman–Crippen MR) is 122 cm³/mol. The summed E-state index contributed by atoms with van der Waals surface area (Å²) in [7, 11) is 0. The molecule has 1 aliphatic rings. The summed E-state index contributed by atoms with van der Waals surface area (Å²) in [5, 5.41) is 12.2. The third-order valence-corrected chi connectivity index (χ3v) is 5.20. The molecule has 7 heteroatoms. The van der Waals surface area contributed by atoms with Crippen LogP contribution >= 0.6 is 0 Å². The summed E-state index contributed by atoms with van der Waals surface area (Å²) in [5.74, 6) is -1.54. The fraction of sp³-hybridized carbons (Fsp3) is 0.269. The van der Waals surface area contributed by atoms with Crippen LogP contribution in [0.4, 0.5) is 5.69 Å². The van der Waals surface area contributed by atoms with E-state index >= 15 is 0 Å². The molecule has 1 aliphatic heterocycles. The Labute approximate surface area is 191 Å². The number of hydrogen-bond donors (Lipinski definition) is 0. The van der Waals surface area contributed by atoms with Gasteiger partial charge in [0.2, 0.25) is 0 Å². The first kappa shape index (κ1) is 22.3. The maximum absolute atomic E-state index is 13.6. The van der Waals surface area contributed by atoms with Gasteiger partial charge in [-0.15, -0.1) is 0 Å². The molecule has 2 amide bonds. The van der Waals surface area contributed by atoms with Crippen molar-refractivity contribution in [2.75, 3.05) is 4.90 Å². The number of aliphatic carboxylic acids is 1. The van der Waals surface area contributed by atoms with Crippen molar-refractivity contribution in [3.8, 4) is 11.5 Å². The van der Waals surface area contributed by atoms with Crippen molar-refractivity contribution in [2.45, 2.75) is 46.3 Å². The lowest BCUT2D eigenvalue weighted by atomic mass is 9.98. The summed E-state index contributed by atoms with van der Waals surface area (Å²) in [4.78, 5) is 39.2. The number of fused-ring (bicyclic) bond motifs is 2. The number of carbonyl (C=O) groups is 3. The first-order chi connectivity index (χ1) is 15.7. The lowest BCUT2D eigenvalue weighted by molar-refractivity contribution is -0.304. The minimum absolute atomic E-state index is 0.168. The molecule has 0 radical (unpaired) electrons. The first-order valence-corrected chi connectivity index (χ1v) is 10.8. The molecule has 170 valence electrons. The number of anilines is 1. The van der Waals surface area contributed by atoms with E-state index < -0.39 is 17.8 Å². The first-order valence-electron chi connectivity index (χ1n) is 10.8. The summed E-state index contributed by atoms with van der Waals surface area (Å²) in [6.45, 7) is 7.42. The van der Waals surface area contributed by atoms with Crippen LogP contribution in [0.1, 0.15) is 54.0 Å². The molecular weight excluding hydrogens is 422 g/mol. The van der Waals surface area contributed by atoms with Gasteiger partial charge in [-0.1, -0.05) is 36.4 Å². The fourth-order valence-electron chi connectivity index (χ4n) is 3.98. The average Bonchev–Trinajstić information content (AvgIpc) is 3.00. The molecule has 0 saturated carbocycles. The SMILES string of the molecule is CC(C)Oc1c2c(c(OC(C)C)c3ccccc13)C(=O)N(c1ccc(CC(=O)[O-])cc1)C2=O. The molecule has 0 unspecified atom stereocenters. The zero-order valence-corrected chi connectivity index (χ0v) is 18.9. The molecule has 1 heterocycles. The van der Waals surface area contributed by atoms with Crippen LogP contribution in [0.25, 0.3) is 10.8 Å². The molecule has 0 spiro atoms. The van der Waals surface area contributed by atoms with Crippen molar-refractivity contribution in [2.24, 2.45) is 0 Å². The molecule has 0 atom stereocenters. The fourth-order valence-corrected chi connectivity index (χ4v) is 3.98. The number of amides is 2. The Bertz CT molecular complexity index is 1190. The van der Waals surface area contributed by atoms with Gasteiger partial charge in [0.05, 0.1) is 29.0 Å². The molecule has 3 aromatic carbocycles. The van der Waals surface area contributed by atoms with E-state index in [1.165, 1.54) is 0 Å². The second-order valence-electron chi connectivity index (χ2n) is 8.45. The summed E-state index contributed by atoms with van der Waals surface area (Å²) < 4.78 is 12.1. The van der Waals surface area contributed by atoms with Gasteiger partial charge in [0, 0.05) is 23.2 Å². The third-order valence-electron chi connectivity index (χ3n) is 5.20. The monoisotopic (exact) mass is 446 g/mol. The van der Waals surface area contributed by atoms with E-state index in [2.05, 4.69) is 0 Å². The van der Waals surface area contributed by atoms with E-state index in [-0.39, 0.29) is 29.8 Å². The van der Waals surface area contributed by atoms with Gasteiger partial charge in [-0.05, 0) is 45.4 Å². The highest BCUT2D eigenvalue weighted by Gasteiger charge is 2.43. The topological polar surface area (TPSA) is 96.0 Å². The van der Waals surface area contributed by atoms with Crippen molar-refractivity contribution in [1.82, 2.24) is 0 Å². The van der Waals surface area contributed by atoms with Gasteiger partial charge in [-0.25, -0.2) is 4.90 Å². The average molecular weight is 446 g/mol. The Morgan fingerprint density at radius 3 is 1.67 bits per heavy atom. The van der Waals surface area contributed by atoms with Crippen LogP contribution in [0.5, 0.6) is 11.5 Å². The predicted octanol–water partition coefficient (Wildman–Crippen LogP) is 3.51. The van der Waals surface area contributed by atoms with E-state index in [9.17, 15) is 19.5 Å². The van der Waals surface area contributed by atoms with E-state index in [0.29, 0.717) is 33.5 Å². The standard InChI is InChI=1S/C26H25NO6/c1-14(2)32-23-18-7-5-6-8-19(18)24(33-15(3)4)22-21(23)25(30)27(26(22)31)17-11-9-16(10-12-17)13-20(28)29/h5-12,14-15H,13H2,1-4H3,(H,28,29)/p-1. The largest absolute Gasteiger partial charge is 0.550 e. The van der Waals surface area contributed by atoms with Gasteiger partial charge in [0.15, 0.2) is 0 Å². The Balaban J connectivity index is 1.93. The summed E-state index contributed by atoms with van der Waals surface area (Å²) in [6, 6.07) is 13.6. The van der Waals surface area contributed by atoms with Crippen LogP contribution in [-0.4, -0.2) is 30.0 Å². The molecule has 0 aliphatic carbocycles. The van der Waals surface area contributed by atoms with Crippen molar-refractivity contribution in [3.05, 3.63) is 65.2 Å². The van der Waals surface area contributed by atoms with Gasteiger partial charge in [-0.3, -0.25) is 9.59 Å². The summed E-state index contributed by atoms with van der Waals surface area (Å²) >= 11 is 0. The van der Waals surface area contributed by atoms with Crippen molar-refractivity contribution < 1.29 is 29.0 Å². The Hall–Kier alpha value is -3.87. The minimum Gasteiger partial charge on any atom is -0.550 e. The van der Waals surface area contributed by atoms with Crippen LogP contribution in [0, 0.1) is 0 Å². The highest BCUT2D eigenvalue weighted by atomic mass is 16.5. The highest BCUT2D eigenvalue weighted by molar-refractivity contribution is 6.38. The van der Waals surface area contributed by atoms with Crippen molar-refractivity contribution in [3.63, 3.8) is 0 Å². The van der Waals surface area contributed by atoms with Crippen LogP contribution in [0.3, 0.4) is 0 Å². The zero-order chi connectivity index (χ0) is 23.9. The van der Waals surface area contributed by atoms with Crippen molar-refractivity contribution >= 4 is 34.2 Å². The maximum atomic E-state index is 13.6. The smallest absolute Gasteiger partial charge is 0.270 e. The van der Waals surface area contributed by atoms with E-state index in [0.717, 1.165) is 4.90 Å². The van der Waals surface area contributed by atoms with Gasteiger partial charge in [0.25, 0.3) is 11.8 Å². The van der Waals surface area contributed by atoms with Gasteiger partial charge < -0.3 is 19.4 Å². The number of rotatable bonds is 7. The second kappa shape index (κ2) is 8.58. The molecule has 33 heavy (non-hydrogen) atoms. The number of nitrogens with zero attached hydrogens (tertiary/aromatic N) is 1. The van der Waals surface area contributed by atoms with Crippen LogP contribution in [-0.2, 0) is 11.2 Å². The molecule has 0 saturated heterocycles. The van der Waals surface area contributed by atoms with Gasteiger partial charge >= 0.3 is 0 Å². The Morgan fingerprint density at radius 1 is 0.818 bits per heavy atom. The van der Waals surface area contributed by atoms with Gasteiger partial charge in [0.1, 0.15) is 11.5 Å². The number of ether oxygens (including phenoxy) is 2. The minimum atomic E-state index is -1.21. The lowest BCUT2D eigenvalue weighted by Gasteiger charge is -2.20. The van der Waals surface area contributed by atoms with E-state index in [4.69, 9.17) is 9.47 Å². The Morgan fingerprint density at radius 2 is 1.27 bits per heavy atom. The van der Waals surface area contributed by atoms with E-state index in [1.54, 1.807) is 24.3 Å². The quantitative estimate of drug-likeness (QED) is 0.516. The summed E-state index contributed by atoms with van der Waals surface area (Å²) in [5.41, 5.74) is 1.18. The molecule has 0 N–H and O–H groups in total. The number of hydrogen-bond acceptors (Lipinski definition) is 6. The van der Waals surface area contributed by atoms with E-state index in [1.807, 2.05) is 52.0 Å². The van der Waals surface area contributed by atoms with Crippen LogP contribution < -0.4 is 19.5 Å².